The Bertz CT molecular complexity index is 1170. The fourth-order valence-electron chi connectivity index (χ4n) is 3.61. The number of aryl methyl sites for hydroxylation is 1. The molecule has 1 heterocycles. The number of hydrogen-bond acceptors (Lipinski definition) is 6. The molecular formula is C24H31N3O6S. The number of ether oxygens (including phenoxy) is 2. The lowest BCUT2D eigenvalue weighted by Gasteiger charge is -2.32. The summed E-state index contributed by atoms with van der Waals surface area (Å²) >= 11 is 0. The van der Waals surface area contributed by atoms with Crippen molar-refractivity contribution >= 4 is 27.5 Å². The second kappa shape index (κ2) is 10.3. The SMILES string of the molecule is Cc1ccccc1CN(C(=O)CN(c1ccc2c(c1)OCO2)S(C)(=O)=O)[C@H](C)C(=O)NC(C)C. The van der Waals surface area contributed by atoms with Gasteiger partial charge >= 0.3 is 0 Å². The Labute approximate surface area is 200 Å². The molecule has 0 aromatic heterocycles. The van der Waals surface area contributed by atoms with Gasteiger partial charge in [-0.15, -0.1) is 0 Å². The van der Waals surface area contributed by atoms with Crippen LogP contribution >= 0.6 is 0 Å². The molecule has 1 aliphatic rings. The maximum atomic E-state index is 13.5. The molecule has 1 N–H and O–H groups in total. The molecule has 0 aliphatic carbocycles. The van der Waals surface area contributed by atoms with Gasteiger partial charge in [-0.3, -0.25) is 13.9 Å². The summed E-state index contributed by atoms with van der Waals surface area (Å²) in [5.74, 6) is 0.0902. The number of fused-ring (bicyclic) bond motifs is 1. The van der Waals surface area contributed by atoms with Crippen LogP contribution in [0.5, 0.6) is 11.5 Å². The molecule has 0 spiro atoms. The maximum absolute atomic E-state index is 13.5. The number of amides is 2. The quantitative estimate of drug-likeness (QED) is 0.580. The molecule has 1 atom stereocenters. The molecule has 9 nitrogen and oxygen atoms in total. The van der Waals surface area contributed by atoms with Crippen molar-refractivity contribution in [3.05, 3.63) is 53.6 Å². The summed E-state index contributed by atoms with van der Waals surface area (Å²) in [6.45, 7) is 6.97. The number of rotatable bonds is 9. The molecular weight excluding hydrogens is 458 g/mol. The van der Waals surface area contributed by atoms with Crippen LogP contribution in [0.1, 0.15) is 31.9 Å². The highest BCUT2D eigenvalue weighted by Crippen LogP contribution is 2.36. The highest BCUT2D eigenvalue weighted by molar-refractivity contribution is 7.92. The van der Waals surface area contributed by atoms with Crippen LogP contribution < -0.4 is 19.1 Å². The molecule has 2 aromatic carbocycles. The third-order valence-electron chi connectivity index (χ3n) is 5.52. The van der Waals surface area contributed by atoms with Gasteiger partial charge in [0.25, 0.3) is 0 Å². The van der Waals surface area contributed by atoms with Crippen LogP contribution in [0.4, 0.5) is 5.69 Å². The van der Waals surface area contributed by atoms with Crippen LogP contribution in [0.3, 0.4) is 0 Å². The molecule has 1 aliphatic heterocycles. The van der Waals surface area contributed by atoms with Gasteiger partial charge in [0.2, 0.25) is 28.6 Å². The lowest BCUT2D eigenvalue weighted by Crippen LogP contribution is -2.52. The molecule has 2 amide bonds. The van der Waals surface area contributed by atoms with E-state index in [1.807, 2.05) is 45.0 Å². The number of carbonyl (C=O) groups excluding carboxylic acids is 2. The van der Waals surface area contributed by atoms with Crippen molar-refractivity contribution in [1.29, 1.82) is 0 Å². The van der Waals surface area contributed by atoms with E-state index in [1.54, 1.807) is 19.1 Å². The summed E-state index contributed by atoms with van der Waals surface area (Å²) in [6, 6.07) is 11.3. The van der Waals surface area contributed by atoms with Crippen molar-refractivity contribution < 1.29 is 27.5 Å². The molecule has 0 saturated heterocycles. The number of benzene rings is 2. The molecule has 3 rings (SSSR count). The first-order valence-electron chi connectivity index (χ1n) is 11.0. The molecule has 0 unspecified atom stereocenters. The van der Waals surface area contributed by atoms with Crippen LogP contribution in [0.2, 0.25) is 0 Å². The van der Waals surface area contributed by atoms with Gasteiger partial charge in [0.05, 0.1) is 11.9 Å². The lowest BCUT2D eigenvalue weighted by atomic mass is 10.1. The second-order valence-electron chi connectivity index (χ2n) is 8.59. The first-order chi connectivity index (χ1) is 16.0. The minimum absolute atomic E-state index is 0.0449. The van der Waals surface area contributed by atoms with Gasteiger partial charge in [-0.1, -0.05) is 24.3 Å². The standard InChI is InChI=1S/C24H31N3O6S/c1-16(2)25-24(29)18(4)26(13-19-9-7-6-8-17(19)3)23(28)14-27(34(5,30)31)20-10-11-21-22(12-20)33-15-32-21/h6-12,16,18H,13-15H2,1-5H3,(H,25,29)/t18-/m1/s1. The normalized spacial score (nSPS) is 13.5. The van der Waals surface area contributed by atoms with Gasteiger partial charge < -0.3 is 19.7 Å². The van der Waals surface area contributed by atoms with Crippen molar-refractivity contribution in [3.63, 3.8) is 0 Å². The van der Waals surface area contributed by atoms with Crippen molar-refractivity contribution in [2.45, 2.75) is 46.3 Å². The summed E-state index contributed by atoms with van der Waals surface area (Å²) < 4.78 is 37.0. The summed E-state index contributed by atoms with van der Waals surface area (Å²) in [5.41, 5.74) is 2.11. The van der Waals surface area contributed by atoms with Gasteiger partial charge in [0.1, 0.15) is 12.6 Å². The van der Waals surface area contributed by atoms with E-state index >= 15 is 0 Å². The Kier molecular flexibility index (Phi) is 7.71. The average Bonchev–Trinajstić information content (AvgIpc) is 3.23. The van der Waals surface area contributed by atoms with E-state index in [0.717, 1.165) is 21.7 Å². The Morgan fingerprint density at radius 2 is 1.74 bits per heavy atom. The Morgan fingerprint density at radius 1 is 1.06 bits per heavy atom. The molecule has 2 aromatic rings. The van der Waals surface area contributed by atoms with Gasteiger partial charge in [-0.25, -0.2) is 8.42 Å². The van der Waals surface area contributed by atoms with E-state index in [2.05, 4.69) is 5.32 Å². The number of hydrogen-bond donors (Lipinski definition) is 1. The number of carbonyl (C=O) groups is 2. The Morgan fingerprint density at radius 3 is 2.38 bits per heavy atom. The zero-order chi connectivity index (χ0) is 25.0. The molecule has 10 heteroatoms. The summed E-state index contributed by atoms with van der Waals surface area (Å²) in [6.07, 6.45) is 1.03. The number of nitrogens with one attached hydrogen (secondary N) is 1. The van der Waals surface area contributed by atoms with Gasteiger partial charge in [-0.2, -0.15) is 0 Å². The molecule has 0 radical (unpaired) electrons. The van der Waals surface area contributed by atoms with Crippen molar-refractivity contribution in [2.24, 2.45) is 0 Å². The first kappa shape index (κ1) is 25.4. The monoisotopic (exact) mass is 489 g/mol. The van der Waals surface area contributed by atoms with E-state index in [4.69, 9.17) is 9.47 Å². The van der Waals surface area contributed by atoms with Gasteiger partial charge in [0, 0.05) is 18.7 Å². The summed E-state index contributed by atoms with van der Waals surface area (Å²) in [7, 11) is -3.82. The molecule has 0 bridgehead atoms. The Balaban J connectivity index is 1.92. The zero-order valence-corrected chi connectivity index (χ0v) is 20.9. The van der Waals surface area contributed by atoms with E-state index in [1.165, 1.54) is 11.0 Å². The van der Waals surface area contributed by atoms with Crippen molar-refractivity contribution in [3.8, 4) is 11.5 Å². The lowest BCUT2D eigenvalue weighted by molar-refractivity contribution is -0.139. The van der Waals surface area contributed by atoms with Crippen LogP contribution in [0.15, 0.2) is 42.5 Å². The third-order valence-corrected chi connectivity index (χ3v) is 6.66. The largest absolute Gasteiger partial charge is 0.454 e. The van der Waals surface area contributed by atoms with E-state index < -0.39 is 28.5 Å². The van der Waals surface area contributed by atoms with Crippen LogP contribution in [0, 0.1) is 6.92 Å². The van der Waals surface area contributed by atoms with Crippen molar-refractivity contribution in [1.82, 2.24) is 10.2 Å². The van der Waals surface area contributed by atoms with Crippen molar-refractivity contribution in [2.75, 3.05) is 23.9 Å². The minimum Gasteiger partial charge on any atom is -0.454 e. The smallest absolute Gasteiger partial charge is 0.244 e. The highest BCUT2D eigenvalue weighted by atomic mass is 32.2. The summed E-state index contributed by atoms with van der Waals surface area (Å²) in [4.78, 5) is 27.7. The molecule has 34 heavy (non-hydrogen) atoms. The third kappa shape index (κ3) is 5.99. The number of nitrogens with zero attached hydrogens (tertiary/aromatic N) is 2. The minimum atomic E-state index is -3.82. The topological polar surface area (TPSA) is 105 Å². The van der Waals surface area contributed by atoms with E-state index in [9.17, 15) is 18.0 Å². The number of sulfonamides is 1. The average molecular weight is 490 g/mol. The zero-order valence-electron chi connectivity index (χ0n) is 20.1. The first-order valence-corrected chi connectivity index (χ1v) is 12.8. The van der Waals surface area contributed by atoms with Crippen LogP contribution in [-0.2, 0) is 26.2 Å². The van der Waals surface area contributed by atoms with E-state index in [-0.39, 0.29) is 31.0 Å². The maximum Gasteiger partial charge on any atom is 0.244 e. The number of anilines is 1. The second-order valence-corrected chi connectivity index (χ2v) is 10.5. The predicted molar refractivity (Wildman–Crippen MR) is 129 cm³/mol. The highest BCUT2D eigenvalue weighted by Gasteiger charge is 2.31. The van der Waals surface area contributed by atoms with Gasteiger partial charge in [0.15, 0.2) is 11.5 Å². The Hall–Kier alpha value is -3.27. The van der Waals surface area contributed by atoms with Crippen LogP contribution in [0.25, 0.3) is 0 Å². The summed E-state index contributed by atoms with van der Waals surface area (Å²) in [5, 5.41) is 2.83. The molecule has 184 valence electrons. The fourth-order valence-corrected chi connectivity index (χ4v) is 4.45. The fraction of sp³-hybridized carbons (Fsp3) is 0.417. The van der Waals surface area contributed by atoms with E-state index in [0.29, 0.717) is 11.5 Å². The molecule has 0 fully saturated rings. The van der Waals surface area contributed by atoms with Gasteiger partial charge in [-0.05, 0) is 51.0 Å². The molecule has 0 saturated carbocycles. The predicted octanol–water partition coefficient (Wildman–Crippen LogP) is 2.43. The van der Waals surface area contributed by atoms with Crippen LogP contribution in [-0.4, -0.2) is 56.8 Å².